The molecule has 0 radical (unpaired) electrons. The van der Waals surface area contributed by atoms with E-state index in [9.17, 15) is 4.79 Å². The SMILES string of the molecule is CC(C)(C)OCC(=O)C1CCOC2(CCCC2)C1. The van der Waals surface area contributed by atoms with Crippen molar-refractivity contribution in [3.8, 4) is 0 Å². The first kappa shape index (κ1) is 14.0. The third kappa shape index (κ3) is 3.55. The normalized spacial score (nSPS) is 27.6. The molecule has 2 aliphatic rings. The summed E-state index contributed by atoms with van der Waals surface area (Å²) in [6, 6.07) is 0. The second-order valence-electron chi connectivity index (χ2n) is 6.80. The van der Waals surface area contributed by atoms with Gasteiger partial charge in [-0.3, -0.25) is 4.79 Å². The van der Waals surface area contributed by atoms with Crippen LogP contribution in [0, 0.1) is 5.92 Å². The van der Waals surface area contributed by atoms with Crippen molar-refractivity contribution in [2.24, 2.45) is 5.92 Å². The molecule has 0 aromatic heterocycles. The highest BCUT2D eigenvalue weighted by Gasteiger charge is 2.41. The maximum atomic E-state index is 12.2. The topological polar surface area (TPSA) is 35.5 Å². The highest BCUT2D eigenvalue weighted by atomic mass is 16.5. The van der Waals surface area contributed by atoms with Gasteiger partial charge in [-0.15, -0.1) is 0 Å². The van der Waals surface area contributed by atoms with Gasteiger partial charge < -0.3 is 9.47 Å². The van der Waals surface area contributed by atoms with Gasteiger partial charge in [-0.25, -0.2) is 0 Å². The second-order valence-corrected chi connectivity index (χ2v) is 6.80. The lowest BCUT2D eigenvalue weighted by atomic mass is 9.82. The monoisotopic (exact) mass is 254 g/mol. The molecule has 0 amide bonds. The van der Waals surface area contributed by atoms with E-state index in [0.717, 1.165) is 32.3 Å². The number of carbonyl (C=O) groups is 1. The zero-order chi connectivity index (χ0) is 13.2. The van der Waals surface area contributed by atoms with Gasteiger partial charge in [-0.1, -0.05) is 12.8 Å². The van der Waals surface area contributed by atoms with E-state index in [2.05, 4.69) is 0 Å². The summed E-state index contributed by atoms with van der Waals surface area (Å²) >= 11 is 0. The number of Topliss-reactive ketones (excluding diaryl/α,β-unsaturated/α-hetero) is 1. The molecule has 1 atom stereocenters. The molecule has 3 nitrogen and oxygen atoms in total. The summed E-state index contributed by atoms with van der Waals surface area (Å²) in [5.74, 6) is 0.415. The Kier molecular flexibility index (Phi) is 4.12. The molecule has 1 saturated carbocycles. The molecule has 0 aromatic carbocycles. The van der Waals surface area contributed by atoms with Crippen molar-refractivity contribution in [1.82, 2.24) is 0 Å². The van der Waals surface area contributed by atoms with Gasteiger partial charge in [0.1, 0.15) is 6.61 Å². The van der Waals surface area contributed by atoms with Crippen LogP contribution in [0.5, 0.6) is 0 Å². The summed E-state index contributed by atoms with van der Waals surface area (Å²) in [7, 11) is 0. The largest absolute Gasteiger partial charge is 0.375 e. The molecule has 2 rings (SSSR count). The lowest BCUT2D eigenvalue weighted by Crippen LogP contribution is -2.41. The minimum Gasteiger partial charge on any atom is -0.375 e. The molecule has 2 fully saturated rings. The van der Waals surface area contributed by atoms with Gasteiger partial charge in [0.15, 0.2) is 5.78 Å². The van der Waals surface area contributed by atoms with E-state index in [1.807, 2.05) is 20.8 Å². The van der Waals surface area contributed by atoms with Crippen molar-refractivity contribution in [2.75, 3.05) is 13.2 Å². The maximum Gasteiger partial charge on any atom is 0.161 e. The van der Waals surface area contributed by atoms with Crippen LogP contribution in [0.25, 0.3) is 0 Å². The molecular weight excluding hydrogens is 228 g/mol. The molecule has 3 heteroatoms. The van der Waals surface area contributed by atoms with Crippen LogP contribution in [0.2, 0.25) is 0 Å². The fourth-order valence-corrected chi connectivity index (χ4v) is 3.08. The van der Waals surface area contributed by atoms with Crippen molar-refractivity contribution in [3.63, 3.8) is 0 Å². The van der Waals surface area contributed by atoms with Gasteiger partial charge in [0.25, 0.3) is 0 Å². The minimum absolute atomic E-state index is 0.0281. The van der Waals surface area contributed by atoms with E-state index in [1.165, 1.54) is 12.8 Å². The van der Waals surface area contributed by atoms with Gasteiger partial charge in [0, 0.05) is 12.5 Å². The van der Waals surface area contributed by atoms with Crippen LogP contribution >= 0.6 is 0 Å². The van der Waals surface area contributed by atoms with E-state index in [0.29, 0.717) is 0 Å². The zero-order valence-corrected chi connectivity index (χ0v) is 12.0. The average molecular weight is 254 g/mol. The Bertz CT molecular complexity index is 297. The van der Waals surface area contributed by atoms with Crippen molar-refractivity contribution in [1.29, 1.82) is 0 Å². The van der Waals surface area contributed by atoms with E-state index in [4.69, 9.17) is 9.47 Å². The molecule has 1 aliphatic heterocycles. The summed E-state index contributed by atoms with van der Waals surface area (Å²) < 4.78 is 11.6. The van der Waals surface area contributed by atoms with Crippen LogP contribution in [-0.2, 0) is 14.3 Å². The molecule has 1 saturated heterocycles. The summed E-state index contributed by atoms with van der Waals surface area (Å²) in [4.78, 5) is 12.2. The number of hydrogen-bond donors (Lipinski definition) is 0. The summed E-state index contributed by atoms with van der Waals surface area (Å²) in [6.45, 7) is 6.96. The smallest absolute Gasteiger partial charge is 0.161 e. The maximum absolute atomic E-state index is 12.2. The summed E-state index contributed by atoms with van der Waals surface area (Å²) in [6.07, 6.45) is 6.56. The van der Waals surface area contributed by atoms with E-state index >= 15 is 0 Å². The number of carbonyl (C=O) groups excluding carboxylic acids is 1. The lowest BCUT2D eigenvalue weighted by molar-refractivity contribution is -0.144. The van der Waals surface area contributed by atoms with Crippen LogP contribution in [0.3, 0.4) is 0 Å². The molecule has 0 aromatic rings. The zero-order valence-electron chi connectivity index (χ0n) is 12.0. The van der Waals surface area contributed by atoms with Crippen LogP contribution in [0.4, 0.5) is 0 Å². The fraction of sp³-hybridized carbons (Fsp3) is 0.933. The number of rotatable bonds is 3. The van der Waals surface area contributed by atoms with Gasteiger partial charge in [-0.05, 0) is 46.5 Å². The van der Waals surface area contributed by atoms with Gasteiger partial charge >= 0.3 is 0 Å². The third-order valence-corrected chi connectivity index (χ3v) is 4.11. The Morgan fingerprint density at radius 1 is 1.33 bits per heavy atom. The summed E-state index contributed by atoms with van der Waals surface area (Å²) in [5, 5.41) is 0. The molecule has 1 unspecified atom stereocenters. The molecule has 104 valence electrons. The molecule has 18 heavy (non-hydrogen) atoms. The van der Waals surface area contributed by atoms with Crippen molar-refractivity contribution in [3.05, 3.63) is 0 Å². The quantitative estimate of drug-likeness (QED) is 0.776. The molecule has 0 bridgehead atoms. The van der Waals surface area contributed by atoms with Crippen LogP contribution in [0.15, 0.2) is 0 Å². The first-order valence-corrected chi connectivity index (χ1v) is 7.21. The highest BCUT2D eigenvalue weighted by molar-refractivity contribution is 5.82. The van der Waals surface area contributed by atoms with Gasteiger partial charge in [0.2, 0.25) is 0 Å². The second kappa shape index (κ2) is 5.30. The Labute approximate surface area is 110 Å². The number of ketones is 1. The summed E-state index contributed by atoms with van der Waals surface area (Å²) in [5.41, 5.74) is -0.202. The Balaban J connectivity index is 1.86. The lowest BCUT2D eigenvalue weighted by Gasteiger charge is -2.37. The average Bonchev–Trinajstić information content (AvgIpc) is 2.73. The van der Waals surface area contributed by atoms with Crippen LogP contribution < -0.4 is 0 Å². The molecule has 1 heterocycles. The van der Waals surface area contributed by atoms with Crippen molar-refractivity contribution in [2.45, 2.75) is 70.5 Å². The Morgan fingerprint density at radius 3 is 2.61 bits per heavy atom. The first-order valence-electron chi connectivity index (χ1n) is 7.21. The van der Waals surface area contributed by atoms with Crippen LogP contribution in [0.1, 0.15) is 59.3 Å². The van der Waals surface area contributed by atoms with E-state index in [1.54, 1.807) is 0 Å². The van der Waals surface area contributed by atoms with Crippen LogP contribution in [-0.4, -0.2) is 30.2 Å². The molecular formula is C15H26O3. The van der Waals surface area contributed by atoms with Crippen molar-refractivity contribution < 1.29 is 14.3 Å². The van der Waals surface area contributed by atoms with E-state index < -0.39 is 0 Å². The molecule has 1 aliphatic carbocycles. The number of ether oxygens (including phenoxy) is 2. The van der Waals surface area contributed by atoms with E-state index in [-0.39, 0.29) is 29.5 Å². The Hall–Kier alpha value is -0.410. The number of hydrogen-bond acceptors (Lipinski definition) is 3. The molecule has 0 N–H and O–H groups in total. The minimum atomic E-state index is -0.230. The van der Waals surface area contributed by atoms with Gasteiger partial charge in [0.05, 0.1) is 11.2 Å². The predicted molar refractivity (Wildman–Crippen MR) is 70.6 cm³/mol. The third-order valence-electron chi connectivity index (χ3n) is 4.11. The molecule has 1 spiro atoms. The van der Waals surface area contributed by atoms with Crippen molar-refractivity contribution >= 4 is 5.78 Å². The first-order chi connectivity index (χ1) is 8.40. The Morgan fingerprint density at radius 2 is 2.00 bits per heavy atom. The predicted octanol–water partition coefficient (Wildman–Crippen LogP) is 3.11. The standard InChI is InChI=1S/C15H26O3/c1-14(2,3)18-11-13(16)12-6-9-17-15(10-12)7-4-5-8-15/h12H,4-11H2,1-3H3. The highest BCUT2D eigenvalue weighted by Crippen LogP contribution is 2.42. The fourth-order valence-electron chi connectivity index (χ4n) is 3.08. The van der Waals surface area contributed by atoms with Gasteiger partial charge in [-0.2, -0.15) is 0 Å².